The molecule has 1 aromatic rings. The number of benzene rings is 1. The van der Waals surface area contributed by atoms with E-state index in [4.69, 9.17) is 0 Å². The van der Waals surface area contributed by atoms with Gasteiger partial charge in [0.15, 0.2) is 0 Å². The Morgan fingerprint density at radius 1 is 1.22 bits per heavy atom. The Kier molecular flexibility index (Phi) is 3.99. The molecule has 9 heavy (non-hydrogen) atoms. The van der Waals surface area contributed by atoms with E-state index >= 15 is 0 Å². The Morgan fingerprint density at radius 3 is 2.11 bits per heavy atom. The van der Waals surface area contributed by atoms with E-state index in [9.17, 15) is 0 Å². The number of aryl methyl sites for hydroxylation is 1. The van der Waals surface area contributed by atoms with Crippen molar-refractivity contribution in [1.29, 1.82) is 0 Å². The average Bonchev–Trinajstić information content (AvgIpc) is 1.90. The molecular formula is C8H12Be. The van der Waals surface area contributed by atoms with E-state index in [1.165, 1.54) is 5.56 Å². The van der Waals surface area contributed by atoms with Gasteiger partial charge in [0.1, 0.15) is 0 Å². The standard InChI is InChI=1S/C8H10.Be.2H/c1-2-8-6-4-3-5-7-8;;;/h3-7H,2H2,1H3;;;/q;+2;2*-1. The molecule has 0 saturated heterocycles. The SMILES string of the molecule is CCc1ccccc1.[Be+2].[H-].[H-]. The minimum absolute atomic E-state index is 0. The molecule has 0 N–H and O–H groups in total. The van der Waals surface area contributed by atoms with Crippen molar-refractivity contribution in [2.75, 3.05) is 0 Å². The van der Waals surface area contributed by atoms with Crippen LogP contribution in [0, 0.1) is 0 Å². The Hall–Kier alpha value is -0.611. The van der Waals surface area contributed by atoms with Crippen LogP contribution >= 0.6 is 0 Å². The van der Waals surface area contributed by atoms with Crippen LogP contribution in [0.25, 0.3) is 0 Å². The van der Waals surface area contributed by atoms with E-state index < -0.39 is 0 Å². The second-order valence-electron chi connectivity index (χ2n) is 1.84. The molecule has 0 radical (unpaired) electrons. The zero-order valence-corrected chi connectivity index (χ0v) is 5.80. The molecule has 1 aromatic carbocycles. The third-order valence-electron chi connectivity index (χ3n) is 1.25. The van der Waals surface area contributed by atoms with Crippen molar-refractivity contribution in [2.24, 2.45) is 0 Å². The average molecular weight is 117 g/mol. The normalized spacial score (nSPS) is 8.11. The zero-order valence-electron chi connectivity index (χ0n) is 7.80. The van der Waals surface area contributed by atoms with Crippen LogP contribution in [0.1, 0.15) is 15.3 Å². The summed E-state index contributed by atoms with van der Waals surface area (Å²) in [7, 11) is 0. The molecule has 0 unspecified atom stereocenters. The minimum Gasteiger partial charge on any atom is -1.00 e. The van der Waals surface area contributed by atoms with Crippen molar-refractivity contribution in [3.05, 3.63) is 35.9 Å². The molecule has 0 bridgehead atoms. The third-order valence-corrected chi connectivity index (χ3v) is 1.25. The molecule has 0 aliphatic rings. The van der Waals surface area contributed by atoms with Crippen LogP contribution in [0.4, 0.5) is 0 Å². The van der Waals surface area contributed by atoms with Crippen LogP contribution in [0.5, 0.6) is 0 Å². The molecule has 1 heteroatoms. The van der Waals surface area contributed by atoms with Crippen molar-refractivity contribution in [3.63, 3.8) is 0 Å². The molecule has 0 spiro atoms. The van der Waals surface area contributed by atoms with Crippen LogP contribution in [0.2, 0.25) is 0 Å². The van der Waals surface area contributed by atoms with E-state index in [2.05, 4.69) is 31.2 Å². The van der Waals surface area contributed by atoms with Gasteiger partial charge in [0, 0.05) is 0 Å². The predicted octanol–water partition coefficient (Wildman–Crippen LogP) is 2.09. The van der Waals surface area contributed by atoms with Gasteiger partial charge in [-0.25, -0.2) is 0 Å². The van der Waals surface area contributed by atoms with Gasteiger partial charge in [-0.05, 0) is 12.0 Å². The topological polar surface area (TPSA) is 0 Å². The van der Waals surface area contributed by atoms with Crippen LogP contribution in [-0.4, -0.2) is 10.1 Å². The van der Waals surface area contributed by atoms with Crippen molar-refractivity contribution in [2.45, 2.75) is 13.3 Å². The molecule has 0 aliphatic carbocycles. The van der Waals surface area contributed by atoms with E-state index in [0.717, 1.165) is 6.42 Å². The summed E-state index contributed by atoms with van der Waals surface area (Å²) in [6.45, 7) is 2.16. The Morgan fingerprint density at radius 2 is 1.78 bits per heavy atom. The van der Waals surface area contributed by atoms with E-state index in [-0.39, 0.29) is 13.0 Å². The second kappa shape index (κ2) is 4.29. The molecule has 0 atom stereocenters. The third kappa shape index (κ3) is 2.43. The molecule has 0 heterocycles. The molecule has 0 nitrogen and oxygen atoms in total. The molecule has 0 fully saturated rings. The smallest absolute Gasteiger partial charge is 1.00 e. The maximum absolute atomic E-state index is 2.16. The molecule has 0 amide bonds. The second-order valence-corrected chi connectivity index (χ2v) is 1.84. The van der Waals surface area contributed by atoms with Crippen LogP contribution in [-0.2, 0) is 6.42 Å². The summed E-state index contributed by atoms with van der Waals surface area (Å²) in [4.78, 5) is 0. The fourth-order valence-corrected chi connectivity index (χ4v) is 0.714. The first-order chi connectivity index (χ1) is 3.93. The van der Waals surface area contributed by atoms with E-state index in [1.807, 2.05) is 6.07 Å². The summed E-state index contributed by atoms with van der Waals surface area (Å²) < 4.78 is 0. The van der Waals surface area contributed by atoms with E-state index in [1.54, 1.807) is 0 Å². The largest absolute Gasteiger partial charge is 2.00 e. The summed E-state index contributed by atoms with van der Waals surface area (Å²) in [5.41, 5.74) is 1.41. The molecule has 0 aliphatic heterocycles. The molecule has 0 saturated carbocycles. The van der Waals surface area contributed by atoms with Crippen molar-refractivity contribution < 1.29 is 2.85 Å². The van der Waals surface area contributed by atoms with Gasteiger partial charge < -0.3 is 2.85 Å². The number of hydrogen-bond donors (Lipinski definition) is 0. The van der Waals surface area contributed by atoms with Crippen LogP contribution < -0.4 is 0 Å². The maximum Gasteiger partial charge on any atom is 2.00 e. The Bertz CT molecular complexity index is 153. The fraction of sp³-hybridized carbons (Fsp3) is 0.250. The first-order valence-electron chi connectivity index (χ1n) is 2.97. The molecular weight excluding hydrogens is 105 g/mol. The molecule has 0 aromatic heterocycles. The van der Waals surface area contributed by atoms with Gasteiger partial charge in [-0.3, -0.25) is 0 Å². The van der Waals surface area contributed by atoms with Gasteiger partial charge in [-0.15, -0.1) is 0 Å². The van der Waals surface area contributed by atoms with Gasteiger partial charge in [-0.2, -0.15) is 0 Å². The van der Waals surface area contributed by atoms with Crippen molar-refractivity contribution >= 4 is 10.1 Å². The van der Waals surface area contributed by atoms with E-state index in [0.29, 0.717) is 0 Å². The summed E-state index contributed by atoms with van der Waals surface area (Å²) >= 11 is 0. The van der Waals surface area contributed by atoms with Gasteiger partial charge in [-0.1, -0.05) is 37.3 Å². The fourth-order valence-electron chi connectivity index (χ4n) is 0.714. The van der Waals surface area contributed by atoms with Crippen LogP contribution in [0.3, 0.4) is 0 Å². The zero-order chi connectivity index (χ0) is 5.82. The van der Waals surface area contributed by atoms with Gasteiger partial charge in [0.2, 0.25) is 0 Å². The number of rotatable bonds is 1. The Labute approximate surface area is 63.1 Å². The predicted molar refractivity (Wildman–Crippen MR) is 43.8 cm³/mol. The summed E-state index contributed by atoms with van der Waals surface area (Å²) in [6, 6.07) is 10.5. The van der Waals surface area contributed by atoms with Gasteiger partial charge in [0.25, 0.3) is 0 Å². The first kappa shape index (κ1) is 8.39. The quantitative estimate of drug-likeness (QED) is 0.494. The van der Waals surface area contributed by atoms with Crippen molar-refractivity contribution in [1.82, 2.24) is 0 Å². The monoisotopic (exact) mass is 117 g/mol. The number of hydrogen-bond acceptors (Lipinski definition) is 0. The first-order valence-corrected chi connectivity index (χ1v) is 2.97. The van der Waals surface area contributed by atoms with Crippen molar-refractivity contribution in [3.8, 4) is 0 Å². The summed E-state index contributed by atoms with van der Waals surface area (Å²) in [5.74, 6) is 0. The minimum atomic E-state index is 0. The molecule has 46 valence electrons. The summed E-state index contributed by atoms with van der Waals surface area (Å²) in [6.07, 6.45) is 1.14. The summed E-state index contributed by atoms with van der Waals surface area (Å²) in [5, 5.41) is 0. The Balaban J connectivity index is -0.000000213. The van der Waals surface area contributed by atoms with Crippen LogP contribution in [0.15, 0.2) is 30.3 Å². The van der Waals surface area contributed by atoms with Gasteiger partial charge in [0.05, 0.1) is 0 Å². The molecule has 1 rings (SSSR count). The maximum atomic E-state index is 2.16. The van der Waals surface area contributed by atoms with Gasteiger partial charge >= 0.3 is 10.1 Å².